The number of primary amides is 1. The number of rotatable bonds is 6. The number of carbonyl (C=O) groups is 1. The van der Waals surface area contributed by atoms with Crippen molar-refractivity contribution in [3.63, 3.8) is 0 Å². The molecule has 6 heteroatoms. The minimum atomic E-state index is -0.335. The maximum Gasteiger partial charge on any atom is 0.290 e. The maximum atomic E-state index is 12.8. The summed E-state index contributed by atoms with van der Waals surface area (Å²) in [5.74, 6) is 0.536. The largest absolute Gasteiger partial charge is 0.428 e. The van der Waals surface area contributed by atoms with Gasteiger partial charge in [-0.15, -0.1) is 0 Å². The van der Waals surface area contributed by atoms with Crippen molar-refractivity contribution in [1.82, 2.24) is 0 Å². The third-order valence-electron chi connectivity index (χ3n) is 3.76. The van der Waals surface area contributed by atoms with Gasteiger partial charge in [0.25, 0.3) is 5.95 Å². The van der Waals surface area contributed by atoms with Crippen molar-refractivity contribution < 1.29 is 23.1 Å². The summed E-state index contributed by atoms with van der Waals surface area (Å²) in [6.45, 7) is 0. The number of benzene rings is 1. The van der Waals surface area contributed by atoms with Crippen LogP contribution in [0.4, 0.5) is 4.39 Å². The van der Waals surface area contributed by atoms with Crippen LogP contribution in [0.2, 0.25) is 0 Å². The Morgan fingerprint density at radius 1 is 1.32 bits per heavy atom. The van der Waals surface area contributed by atoms with Gasteiger partial charge in [0.2, 0.25) is 5.91 Å². The fraction of sp³-hybridized carbons (Fsp3) is 0.312. The highest BCUT2D eigenvalue weighted by molar-refractivity contribution is 5.79. The molecule has 1 heterocycles. The van der Waals surface area contributed by atoms with Crippen molar-refractivity contribution in [3.8, 4) is 11.7 Å². The Kier molecular flexibility index (Phi) is 3.85. The molecule has 5 nitrogen and oxygen atoms in total. The van der Waals surface area contributed by atoms with Gasteiger partial charge in [-0.05, 0) is 36.8 Å². The number of furan rings is 1. The normalized spacial score (nSPS) is 21.4. The maximum absolute atomic E-state index is 12.8. The number of amides is 1. The van der Waals surface area contributed by atoms with Crippen LogP contribution in [-0.4, -0.2) is 13.0 Å². The van der Waals surface area contributed by atoms with Crippen LogP contribution in [0.1, 0.15) is 18.3 Å². The van der Waals surface area contributed by atoms with Crippen LogP contribution in [0.5, 0.6) is 11.7 Å². The van der Waals surface area contributed by atoms with E-state index in [1.807, 2.05) is 0 Å². The van der Waals surface area contributed by atoms with Gasteiger partial charge in [-0.25, -0.2) is 4.39 Å². The Bertz CT molecular complexity index is 667. The van der Waals surface area contributed by atoms with Crippen molar-refractivity contribution in [2.45, 2.75) is 12.5 Å². The second kappa shape index (κ2) is 5.81. The third-order valence-corrected chi connectivity index (χ3v) is 3.76. The molecule has 0 spiro atoms. The van der Waals surface area contributed by atoms with Crippen molar-refractivity contribution in [3.05, 3.63) is 48.0 Å². The zero-order chi connectivity index (χ0) is 15.7. The fourth-order valence-electron chi connectivity index (χ4n) is 2.54. The van der Waals surface area contributed by atoms with E-state index in [2.05, 4.69) is 0 Å². The molecule has 1 aromatic carbocycles. The standard InChI is InChI=1S/C16H16FNO4/c1-20-15(11-8-12(11)16(18)19)13-6-7-14(22-13)21-10-4-2-9(17)3-5-10/h2-7,11-12,15H,8H2,1H3,(H2,18,19). The average Bonchev–Trinajstić information content (AvgIpc) is 3.15. The van der Waals surface area contributed by atoms with Gasteiger partial charge in [-0.1, -0.05) is 0 Å². The highest BCUT2D eigenvalue weighted by atomic mass is 19.1. The molecule has 1 fully saturated rings. The molecule has 1 aromatic heterocycles. The second-order valence-corrected chi connectivity index (χ2v) is 5.28. The van der Waals surface area contributed by atoms with Crippen LogP contribution < -0.4 is 10.5 Å². The minimum Gasteiger partial charge on any atom is -0.428 e. The van der Waals surface area contributed by atoms with Crippen molar-refractivity contribution in [2.24, 2.45) is 17.6 Å². The Labute approximate surface area is 126 Å². The predicted octanol–water partition coefficient (Wildman–Crippen LogP) is 3.02. The van der Waals surface area contributed by atoms with Crippen LogP contribution in [0.3, 0.4) is 0 Å². The van der Waals surface area contributed by atoms with Crippen molar-refractivity contribution in [2.75, 3.05) is 7.11 Å². The molecule has 0 saturated heterocycles. The number of halogens is 1. The Hall–Kier alpha value is -2.34. The highest BCUT2D eigenvalue weighted by Crippen LogP contribution is 2.49. The lowest BCUT2D eigenvalue weighted by Gasteiger charge is -2.11. The molecule has 2 aromatic rings. The molecule has 0 bridgehead atoms. The zero-order valence-electron chi connectivity index (χ0n) is 12.0. The number of ether oxygens (including phenoxy) is 2. The number of methoxy groups -OCH3 is 1. The van der Waals surface area contributed by atoms with Gasteiger partial charge in [0.1, 0.15) is 23.4 Å². The summed E-state index contributed by atoms with van der Waals surface area (Å²) in [6, 6.07) is 9.03. The number of nitrogens with two attached hydrogens (primary N) is 1. The molecule has 116 valence electrons. The lowest BCUT2D eigenvalue weighted by Crippen LogP contribution is -2.16. The van der Waals surface area contributed by atoms with E-state index in [1.54, 1.807) is 19.2 Å². The second-order valence-electron chi connectivity index (χ2n) is 5.28. The van der Waals surface area contributed by atoms with Crippen LogP contribution in [0.25, 0.3) is 0 Å². The van der Waals surface area contributed by atoms with E-state index in [0.29, 0.717) is 17.9 Å². The van der Waals surface area contributed by atoms with Crippen molar-refractivity contribution in [1.29, 1.82) is 0 Å². The molecule has 3 atom stereocenters. The van der Waals surface area contributed by atoms with E-state index in [-0.39, 0.29) is 35.6 Å². The molecule has 1 amide bonds. The number of hydrogen-bond acceptors (Lipinski definition) is 4. The SMILES string of the molecule is COC(c1ccc(Oc2ccc(F)cc2)o1)C1CC1C(N)=O. The molecule has 3 unspecified atom stereocenters. The molecule has 0 radical (unpaired) electrons. The molecule has 3 rings (SSSR count). The lowest BCUT2D eigenvalue weighted by atomic mass is 10.1. The van der Waals surface area contributed by atoms with E-state index >= 15 is 0 Å². The summed E-state index contributed by atoms with van der Waals surface area (Å²) >= 11 is 0. The lowest BCUT2D eigenvalue weighted by molar-refractivity contribution is -0.120. The van der Waals surface area contributed by atoms with Crippen molar-refractivity contribution >= 4 is 5.91 Å². The first kappa shape index (κ1) is 14.6. The topological polar surface area (TPSA) is 74.7 Å². The van der Waals surface area contributed by atoms with E-state index in [0.717, 1.165) is 0 Å². The van der Waals surface area contributed by atoms with Crippen LogP contribution in [0.15, 0.2) is 40.8 Å². The number of hydrogen-bond donors (Lipinski definition) is 1. The van der Waals surface area contributed by atoms with E-state index in [4.69, 9.17) is 19.6 Å². The summed E-state index contributed by atoms with van der Waals surface area (Å²) < 4.78 is 29.4. The molecule has 2 N–H and O–H groups in total. The molecular weight excluding hydrogens is 289 g/mol. The average molecular weight is 305 g/mol. The smallest absolute Gasteiger partial charge is 0.290 e. The zero-order valence-corrected chi connectivity index (χ0v) is 12.0. The van der Waals surface area contributed by atoms with E-state index < -0.39 is 0 Å². The first-order valence-corrected chi connectivity index (χ1v) is 6.93. The molecule has 0 aliphatic heterocycles. The summed E-state index contributed by atoms with van der Waals surface area (Å²) in [5, 5.41) is 0. The van der Waals surface area contributed by atoms with Gasteiger partial charge in [0.15, 0.2) is 0 Å². The quantitative estimate of drug-likeness (QED) is 0.890. The highest BCUT2D eigenvalue weighted by Gasteiger charge is 2.48. The minimum absolute atomic E-state index is 0.0346. The third kappa shape index (κ3) is 2.96. The molecule has 1 aliphatic rings. The summed E-state index contributed by atoms with van der Waals surface area (Å²) in [7, 11) is 1.56. The van der Waals surface area contributed by atoms with E-state index in [9.17, 15) is 9.18 Å². The van der Waals surface area contributed by atoms with Gasteiger partial charge in [-0.2, -0.15) is 0 Å². The molecule has 22 heavy (non-hydrogen) atoms. The van der Waals surface area contributed by atoms with Gasteiger partial charge in [0, 0.05) is 25.0 Å². The van der Waals surface area contributed by atoms with Gasteiger partial charge in [-0.3, -0.25) is 4.79 Å². The first-order chi connectivity index (χ1) is 10.6. The molecule has 1 aliphatic carbocycles. The van der Waals surface area contributed by atoms with E-state index in [1.165, 1.54) is 24.3 Å². The van der Waals surface area contributed by atoms with Gasteiger partial charge < -0.3 is 19.6 Å². The van der Waals surface area contributed by atoms with Gasteiger partial charge in [0.05, 0.1) is 0 Å². The molecule has 1 saturated carbocycles. The first-order valence-electron chi connectivity index (χ1n) is 6.93. The Balaban J connectivity index is 1.70. The fourth-order valence-corrected chi connectivity index (χ4v) is 2.54. The Morgan fingerprint density at radius 2 is 2.05 bits per heavy atom. The summed E-state index contributed by atoms with van der Waals surface area (Å²) in [6.07, 6.45) is 0.367. The monoisotopic (exact) mass is 305 g/mol. The summed E-state index contributed by atoms with van der Waals surface area (Å²) in [4.78, 5) is 11.2. The summed E-state index contributed by atoms with van der Waals surface area (Å²) in [5.41, 5.74) is 5.30. The Morgan fingerprint density at radius 3 is 2.64 bits per heavy atom. The van der Waals surface area contributed by atoms with Crippen LogP contribution in [0, 0.1) is 17.7 Å². The predicted molar refractivity (Wildman–Crippen MR) is 75.7 cm³/mol. The van der Waals surface area contributed by atoms with Crippen LogP contribution >= 0.6 is 0 Å². The molecular formula is C16H16FNO4. The van der Waals surface area contributed by atoms with Gasteiger partial charge >= 0.3 is 0 Å². The number of carbonyl (C=O) groups excluding carboxylic acids is 1. The van der Waals surface area contributed by atoms with Crippen LogP contribution in [-0.2, 0) is 9.53 Å².